The van der Waals surface area contributed by atoms with Gasteiger partial charge >= 0.3 is 0 Å². The van der Waals surface area contributed by atoms with E-state index in [0.717, 1.165) is 17.2 Å². The highest BCUT2D eigenvalue weighted by Crippen LogP contribution is 2.24. The lowest BCUT2D eigenvalue weighted by molar-refractivity contribution is -0.140. The summed E-state index contributed by atoms with van der Waals surface area (Å²) >= 11 is 0. The molecule has 6 nitrogen and oxygen atoms in total. The van der Waals surface area contributed by atoms with Crippen molar-refractivity contribution < 1.29 is 9.53 Å². The maximum Gasteiger partial charge on any atom is 0.236 e. The number of hydrogen-bond donors (Lipinski definition) is 0. The molecular formula is C18H28N4O2. The van der Waals surface area contributed by atoms with Gasteiger partial charge in [0.1, 0.15) is 11.9 Å². The lowest BCUT2D eigenvalue weighted by atomic mass is 10.1. The van der Waals surface area contributed by atoms with Crippen LogP contribution in [0.4, 0.5) is 0 Å². The van der Waals surface area contributed by atoms with Gasteiger partial charge in [-0.05, 0) is 39.8 Å². The standard InChI is InChI=1S/C18H28N4O2/c1-13-10-16(20-14(2)19-13)17-11-22(8-9-24-17)18(23)12-21(3)15-6-4-5-7-15/h10,15,17H,4-9,11-12H2,1-3H3. The van der Waals surface area contributed by atoms with Gasteiger partial charge in [0.15, 0.2) is 0 Å². The molecule has 3 rings (SSSR count). The fourth-order valence-corrected chi connectivity index (χ4v) is 3.75. The first-order chi connectivity index (χ1) is 11.5. The van der Waals surface area contributed by atoms with Crippen LogP contribution in [0.5, 0.6) is 0 Å². The van der Waals surface area contributed by atoms with E-state index in [4.69, 9.17) is 4.74 Å². The molecule has 2 aliphatic rings. The second-order valence-electron chi connectivity index (χ2n) is 7.03. The molecule has 0 spiro atoms. The zero-order valence-electron chi connectivity index (χ0n) is 15.0. The zero-order valence-corrected chi connectivity index (χ0v) is 15.0. The van der Waals surface area contributed by atoms with Crippen molar-refractivity contribution in [1.29, 1.82) is 0 Å². The fourth-order valence-electron chi connectivity index (χ4n) is 3.75. The number of likely N-dealkylation sites (N-methyl/N-ethyl adjacent to an activating group) is 1. The smallest absolute Gasteiger partial charge is 0.236 e. The quantitative estimate of drug-likeness (QED) is 0.842. The lowest BCUT2D eigenvalue weighted by Crippen LogP contribution is -2.47. The van der Waals surface area contributed by atoms with Crippen molar-refractivity contribution in [2.24, 2.45) is 0 Å². The number of carbonyl (C=O) groups is 1. The second kappa shape index (κ2) is 7.57. The first-order valence-electron chi connectivity index (χ1n) is 8.94. The molecule has 0 N–H and O–H groups in total. The van der Waals surface area contributed by atoms with Crippen LogP contribution in [0.15, 0.2) is 6.07 Å². The predicted octanol–water partition coefficient (Wildman–Crippen LogP) is 1.87. The molecule has 1 unspecified atom stereocenters. The van der Waals surface area contributed by atoms with Crippen LogP contribution in [0.1, 0.15) is 49.0 Å². The van der Waals surface area contributed by atoms with E-state index in [0.29, 0.717) is 32.3 Å². The summed E-state index contributed by atoms with van der Waals surface area (Å²) in [6.07, 6.45) is 4.86. The molecule has 1 saturated heterocycles. The first kappa shape index (κ1) is 17.3. The van der Waals surface area contributed by atoms with E-state index in [-0.39, 0.29) is 12.0 Å². The van der Waals surface area contributed by atoms with Crippen LogP contribution < -0.4 is 0 Å². The summed E-state index contributed by atoms with van der Waals surface area (Å²) < 4.78 is 5.86. The van der Waals surface area contributed by atoms with E-state index in [1.54, 1.807) is 0 Å². The average molecular weight is 332 g/mol. The molecule has 1 aromatic rings. The monoisotopic (exact) mass is 332 g/mol. The molecule has 2 heterocycles. The van der Waals surface area contributed by atoms with E-state index in [2.05, 4.69) is 21.9 Å². The molecule has 0 bridgehead atoms. The summed E-state index contributed by atoms with van der Waals surface area (Å²) in [6.45, 7) is 6.15. The SMILES string of the molecule is Cc1cc(C2CN(C(=O)CN(C)C3CCCC3)CCO2)nc(C)n1. The molecule has 1 atom stereocenters. The minimum absolute atomic E-state index is 0.153. The number of aryl methyl sites for hydroxylation is 2. The highest BCUT2D eigenvalue weighted by atomic mass is 16.5. The van der Waals surface area contributed by atoms with E-state index < -0.39 is 0 Å². The molecule has 0 radical (unpaired) electrons. The van der Waals surface area contributed by atoms with Crippen LogP contribution in [0, 0.1) is 13.8 Å². The number of aromatic nitrogens is 2. The Kier molecular flexibility index (Phi) is 5.46. The number of amides is 1. The zero-order chi connectivity index (χ0) is 17.1. The van der Waals surface area contributed by atoms with Gasteiger partial charge in [-0.2, -0.15) is 0 Å². The number of hydrogen-bond acceptors (Lipinski definition) is 5. The van der Waals surface area contributed by atoms with E-state index in [1.165, 1.54) is 25.7 Å². The summed E-state index contributed by atoms with van der Waals surface area (Å²) in [7, 11) is 2.07. The summed E-state index contributed by atoms with van der Waals surface area (Å²) in [5.74, 6) is 0.943. The molecule has 1 aliphatic carbocycles. The van der Waals surface area contributed by atoms with Crippen LogP contribution in [-0.2, 0) is 9.53 Å². The minimum Gasteiger partial charge on any atom is -0.368 e. The minimum atomic E-state index is -0.153. The van der Waals surface area contributed by atoms with E-state index in [1.807, 2.05) is 24.8 Å². The molecule has 0 aromatic carbocycles. The van der Waals surface area contributed by atoms with Gasteiger partial charge in [0.2, 0.25) is 5.91 Å². The van der Waals surface area contributed by atoms with Gasteiger partial charge in [0.25, 0.3) is 0 Å². The topological polar surface area (TPSA) is 58.6 Å². The van der Waals surface area contributed by atoms with Gasteiger partial charge in [-0.25, -0.2) is 9.97 Å². The van der Waals surface area contributed by atoms with Crippen molar-refractivity contribution in [2.45, 2.75) is 51.7 Å². The number of nitrogens with zero attached hydrogens (tertiary/aromatic N) is 4. The van der Waals surface area contributed by atoms with Gasteiger partial charge in [-0.1, -0.05) is 12.8 Å². The first-order valence-corrected chi connectivity index (χ1v) is 8.94. The van der Waals surface area contributed by atoms with Gasteiger partial charge in [-0.15, -0.1) is 0 Å². The van der Waals surface area contributed by atoms with Crippen LogP contribution in [0.25, 0.3) is 0 Å². The Balaban J connectivity index is 1.61. The van der Waals surface area contributed by atoms with Crippen molar-refractivity contribution in [1.82, 2.24) is 19.8 Å². The molecule has 1 amide bonds. The third-order valence-corrected chi connectivity index (χ3v) is 5.07. The van der Waals surface area contributed by atoms with E-state index in [9.17, 15) is 4.79 Å². The Labute approximate surface area is 144 Å². The Bertz CT molecular complexity index is 566. The number of carbonyl (C=O) groups excluding carboxylic acids is 1. The van der Waals surface area contributed by atoms with Crippen LogP contribution >= 0.6 is 0 Å². The fraction of sp³-hybridized carbons (Fsp3) is 0.722. The van der Waals surface area contributed by atoms with Crippen molar-refractivity contribution in [3.8, 4) is 0 Å². The van der Waals surface area contributed by atoms with Gasteiger partial charge < -0.3 is 9.64 Å². The Morgan fingerprint density at radius 1 is 1.33 bits per heavy atom. The second-order valence-corrected chi connectivity index (χ2v) is 7.03. The Morgan fingerprint density at radius 3 is 2.79 bits per heavy atom. The summed E-state index contributed by atoms with van der Waals surface area (Å²) in [5.41, 5.74) is 1.81. The lowest BCUT2D eigenvalue weighted by Gasteiger charge is -2.34. The number of rotatable bonds is 4. The van der Waals surface area contributed by atoms with E-state index >= 15 is 0 Å². The normalized spacial score (nSPS) is 22.3. The third-order valence-electron chi connectivity index (χ3n) is 5.07. The van der Waals surface area contributed by atoms with Gasteiger partial charge in [0.05, 0.1) is 25.4 Å². The molecule has 24 heavy (non-hydrogen) atoms. The highest BCUT2D eigenvalue weighted by molar-refractivity contribution is 5.78. The van der Waals surface area contributed by atoms with Gasteiger partial charge in [-0.3, -0.25) is 9.69 Å². The Morgan fingerprint density at radius 2 is 2.08 bits per heavy atom. The largest absolute Gasteiger partial charge is 0.368 e. The maximum atomic E-state index is 12.7. The third kappa shape index (κ3) is 4.11. The molecule has 1 saturated carbocycles. The molecule has 2 fully saturated rings. The summed E-state index contributed by atoms with van der Waals surface area (Å²) in [5, 5.41) is 0. The number of morpholine rings is 1. The number of ether oxygens (including phenoxy) is 1. The predicted molar refractivity (Wildman–Crippen MR) is 91.7 cm³/mol. The van der Waals surface area contributed by atoms with Crippen LogP contribution in [0.3, 0.4) is 0 Å². The van der Waals surface area contributed by atoms with Crippen molar-refractivity contribution in [3.05, 3.63) is 23.3 Å². The van der Waals surface area contributed by atoms with Crippen molar-refractivity contribution >= 4 is 5.91 Å². The molecule has 1 aliphatic heterocycles. The molecule has 6 heteroatoms. The summed E-state index contributed by atoms with van der Waals surface area (Å²) in [6, 6.07) is 2.52. The highest BCUT2D eigenvalue weighted by Gasteiger charge is 2.29. The van der Waals surface area contributed by atoms with Gasteiger partial charge in [0, 0.05) is 18.3 Å². The summed E-state index contributed by atoms with van der Waals surface area (Å²) in [4.78, 5) is 25.6. The van der Waals surface area contributed by atoms with Crippen molar-refractivity contribution in [2.75, 3.05) is 33.3 Å². The Hall–Kier alpha value is -1.53. The molecular weight excluding hydrogens is 304 g/mol. The maximum absolute atomic E-state index is 12.7. The average Bonchev–Trinajstić information content (AvgIpc) is 3.08. The van der Waals surface area contributed by atoms with Crippen LogP contribution in [-0.4, -0.2) is 65.0 Å². The molecule has 1 aromatic heterocycles. The van der Waals surface area contributed by atoms with Crippen LogP contribution in [0.2, 0.25) is 0 Å². The molecule has 132 valence electrons. The van der Waals surface area contributed by atoms with Crippen molar-refractivity contribution in [3.63, 3.8) is 0 Å².